The van der Waals surface area contributed by atoms with Gasteiger partial charge < -0.3 is 24.6 Å². The molecular formula is C14H12BF3N2O5. The topological polar surface area (TPSA) is 107 Å². The second-order valence-corrected chi connectivity index (χ2v) is 5.76. The van der Waals surface area contributed by atoms with Gasteiger partial charge in [0.2, 0.25) is 0 Å². The first-order valence-electron chi connectivity index (χ1n) is 7.07. The van der Waals surface area contributed by atoms with E-state index in [1.165, 1.54) is 6.07 Å². The quantitative estimate of drug-likeness (QED) is 0.638. The van der Waals surface area contributed by atoms with Crippen LogP contribution in [0.2, 0.25) is 0 Å². The van der Waals surface area contributed by atoms with Crippen LogP contribution in [0, 0.1) is 5.82 Å². The highest BCUT2D eigenvalue weighted by atomic mass is 19.3. The summed E-state index contributed by atoms with van der Waals surface area (Å²) in [6, 6.07) is 4.09. The Morgan fingerprint density at radius 2 is 2.00 bits per heavy atom. The van der Waals surface area contributed by atoms with E-state index >= 15 is 0 Å². The van der Waals surface area contributed by atoms with Gasteiger partial charge in [0.25, 0.3) is 11.5 Å². The van der Waals surface area contributed by atoms with E-state index in [9.17, 15) is 23.1 Å². The Hall–Kier alpha value is -2.37. The highest BCUT2D eigenvalue weighted by Gasteiger charge is 2.68. The Labute approximate surface area is 139 Å². The highest BCUT2D eigenvalue weighted by Crippen LogP contribution is 2.45. The van der Waals surface area contributed by atoms with Crippen LogP contribution in [-0.4, -0.2) is 57.8 Å². The molecule has 11 heteroatoms. The predicted octanol–water partition coefficient (Wildman–Crippen LogP) is -0.545. The molecule has 0 unspecified atom stereocenters. The van der Waals surface area contributed by atoms with Gasteiger partial charge in [0.15, 0.2) is 5.76 Å². The summed E-state index contributed by atoms with van der Waals surface area (Å²) in [7, 11) is -0.981. The van der Waals surface area contributed by atoms with Crippen molar-refractivity contribution in [2.24, 2.45) is 0 Å². The molecule has 1 fully saturated rings. The van der Waals surface area contributed by atoms with Crippen LogP contribution >= 0.6 is 0 Å². The molecule has 132 valence electrons. The van der Waals surface area contributed by atoms with Crippen LogP contribution in [0.25, 0.3) is 11.3 Å². The number of likely N-dealkylation sites (N-methyl/N-ethyl adjacent to an activating group) is 1. The molecule has 1 saturated heterocycles. The average Bonchev–Trinajstić information content (AvgIpc) is 3.07. The maximum Gasteiger partial charge on any atom is 0.491 e. The number of hydrogen-bond donors (Lipinski definition) is 3. The Bertz CT molecular complexity index is 844. The van der Waals surface area contributed by atoms with E-state index in [1.54, 1.807) is 0 Å². The zero-order valence-corrected chi connectivity index (χ0v) is 12.8. The van der Waals surface area contributed by atoms with Gasteiger partial charge in [0.05, 0.1) is 6.54 Å². The molecule has 2 aromatic rings. The standard InChI is InChI=1S/C14H12BF3N2O5/c1-20-6-13(17,18)14(22,12(20)21)11-5-10(19-25-11)7-2-3-9(16)8(4-7)15(23)24/h2-5,22-24H,6H2,1H3/t14-/m1/s1. The SMILES string of the molecule is CN1CC(F)(F)[C@@](O)(c2cc(-c3ccc(F)c(B(O)O)c3)no2)C1=O. The van der Waals surface area contributed by atoms with Crippen molar-refractivity contribution < 1.29 is 37.6 Å². The van der Waals surface area contributed by atoms with Crippen molar-refractivity contribution in [2.45, 2.75) is 11.5 Å². The van der Waals surface area contributed by atoms with Crippen molar-refractivity contribution in [2.75, 3.05) is 13.6 Å². The van der Waals surface area contributed by atoms with Gasteiger partial charge in [0, 0.05) is 24.1 Å². The molecule has 1 aliphatic heterocycles. The summed E-state index contributed by atoms with van der Waals surface area (Å²) in [6.07, 6.45) is 0. The number of alkyl halides is 2. The van der Waals surface area contributed by atoms with Gasteiger partial charge in [-0.15, -0.1) is 0 Å². The molecular weight excluding hydrogens is 344 g/mol. The minimum atomic E-state index is -3.80. The van der Waals surface area contributed by atoms with Crippen LogP contribution < -0.4 is 5.46 Å². The largest absolute Gasteiger partial charge is 0.491 e. The number of carbonyl (C=O) groups is 1. The van der Waals surface area contributed by atoms with Gasteiger partial charge >= 0.3 is 13.0 Å². The molecule has 1 atom stereocenters. The lowest BCUT2D eigenvalue weighted by Crippen LogP contribution is -2.46. The fourth-order valence-electron chi connectivity index (χ4n) is 2.69. The lowest BCUT2D eigenvalue weighted by atomic mass is 9.79. The predicted molar refractivity (Wildman–Crippen MR) is 78.2 cm³/mol. The van der Waals surface area contributed by atoms with Crippen LogP contribution in [0.1, 0.15) is 5.76 Å². The van der Waals surface area contributed by atoms with Crippen LogP contribution in [0.4, 0.5) is 13.2 Å². The molecule has 1 aromatic heterocycles. The summed E-state index contributed by atoms with van der Waals surface area (Å²) in [4.78, 5) is 12.6. The summed E-state index contributed by atoms with van der Waals surface area (Å²) in [5, 5.41) is 32.0. The Balaban J connectivity index is 2.04. The van der Waals surface area contributed by atoms with Crippen molar-refractivity contribution in [3.8, 4) is 11.3 Å². The first-order chi connectivity index (χ1) is 11.6. The zero-order valence-electron chi connectivity index (χ0n) is 12.8. The van der Waals surface area contributed by atoms with E-state index in [2.05, 4.69) is 5.16 Å². The van der Waals surface area contributed by atoms with Gasteiger partial charge in [-0.1, -0.05) is 11.2 Å². The van der Waals surface area contributed by atoms with Gasteiger partial charge in [-0.05, 0) is 12.1 Å². The first kappa shape index (κ1) is 17.5. The molecule has 0 radical (unpaired) electrons. The monoisotopic (exact) mass is 356 g/mol. The third kappa shape index (κ3) is 2.51. The summed E-state index contributed by atoms with van der Waals surface area (Å²) in [5.74, 6) is -6.70. The molecule has 1 amide bonds. The van der Waals surface area contributed by atoms with Crippen LogP contribution in [0.15, 0.2) is 28.8 Å². The van der Waals surface area contributed by atoms with E-state index in [1.807, 2.05) is 0 Å². The van der Waals surface area contributed by atoms with E-state index in [0.29, 0.717) is 4.90 Å². The number of carbonyl (C=O) groups excluding carboxylic acids is 1. The maximum atomic E-state index is 14.1. The van der Waals surface area contributed by atoms with Crippen molar-refractivity contribution in [3.05, 3.63) is 35.8 Å². The van der Waals surface area contributed by atoms with Crippen LogP contribution in [0.5, 0.6) is 0 Å². The lowest BCUT2D eigenvalue weighted by molar-refractivity contribution is -0.179. The van der Waals surface area contributed by atoms with Gasteiger partial charge in [-0.25, -0.2) is 13.2 Å². The number of nitrogens with zero attached hydrogens (tertiary/aromatic N) is 2. The Kier molecular flexibility index (Phi) is 3.90. The molecule has 0 spiro atoms. The van der Waals surface area contributed by atoms with Gasteiger partial charge in [-0.2, -0.15) is 0 Å². The number of likely N-dealkylation sites (tertiary alicyclic amines) is 1. The number of benzene rings is 1. The number of aliphatic hydroxyl groups is 1. The van der Waals surface area contributed by atoms with Gasteiger partial charge in [0.1, 0.15) is 11.5 Å². The van der Waals surface area contributed by atoms with Crippen LogP contribution in [-0.2, 0) is 10.4 Å². The molecule has 7 nitrogen and oxygen atoms in total. The second kappa shape index (κ2) is 5.58. The molecule has 0 aliphatic carbocycles. The third-order valence-electron chi connectivity index (χ3n) is 4.06. The van der Waals surface area contributed by atoms with E-state index < -0.39 is 48.1 Å². The normalized spacial score (nSPS) is 22.5. The summed E-state index contributed by atoms with van der Waals surface area (Å²) in [5.41, 5.74) is -3.64. The maximum absolute atomic E-state index is 14.1. The summed E-state index contributed by atoms with van der Waals surface area (Å²) >= 11 is 0. The molecule has 0 bridgehead atoms. The Morgan fingerprint density at radius 1 is 1.32 bits per heavy atom. The molecule has 25 heavy (non-hydrogen) atoms. The molecule has 3 N–H and O–H groups in total. The molecule has 2 heterocycles. The number of rotatable bonds is 3. The highest BCUT2D eigenvalue weighted by molar-refractivity contribution is 6.58. The minimum Gasteiger partial charge on any atom is -0.423 e. The van der Waals surface area contributed by atoms with Crippen molar-refractivity contribution in [1.82, 2.24) is 10.1 Å². The number of amides is 1. The van der Waals surface area contributed by atoms with E-state index in [4.69, 9.17) is 14.6 Å². The second-order valence-electron chi connectivity index (χ2n) is 5.76. The van der Waals surface area contributed by atoms with Crippen LogP contribution in [0.3, 0.4) is 0 Å². The van der Waals surface area contributed by atoms with E-state index in [0.717, 1.165) is 25.2 Å². The minimum absolute atomic E-state index is 0.0940. The third-order valence-corrected chi connectivity index (χ3v) is 4.06. The number of halogens is 3. The van der Waals surface area contributed by atoms with Crippen molar-refractivity contribution in [1.29, 1.82) is 0 Å². The van der Waals surface area contributed by atoms with Gasteiger partial charge in [-0.3, -0.25) is 4.79 Å². The Morgan fingerprint density at radius 3 is 2.56 bits per heavy atom. The number of hydrogen-bond acceptors (Lipinski definition) is 6. The molecule has 1 aliphatic rings. The van der Waals surface area contributed by atoms with Crippen molar-refractivity contribution in [3.63, 3.8) is 0 Å². The van der Waals surface area contributed by atoms with Crippen molar-refractivity contribution >= 4 is 18.5 Å². The molecule has 1 aromatic carbocycles. The summed E-state index contributed by atoms with van der Waals surface area (Å²) < 4.78 is 46.4. The average molecular weight is 356 g/mol. The number of aromatic nitrogens is 1. The lowest BCUT2D eigenvalue weighted by Gasteiger charge is -2.22. The first-order valence-corrected chi connectivity index (χ1v) is 7.07. The zero-order chi connectivity index (χ0) is 18.6. The molecule has 0 saturated carbocycles. The smallest absolute Gasteiger partial charge is 0.423 e. The fourth-order valence-corrected chi connectivity index (χ4v) is 2.69. The summed E-state index contributed by atoms with van der Waals surface area (Å²) in [6.45, 7) is -0.990. The molecule has 3 rings (SSSR count). The van der Waals surface area contributed by atoms with E-state index in [-0.39, 0.29) is 11.3 Å². The fraction of sp³-hybridized carbons (Fsp3) is 0.286.